The molecule has 1 aromatic rings. The molecule has 0 spiro atoms. The molecule has 1 N–H and O–H groups in total. The van der Waals surface area contributed by atoms with Crippen molar-refractivity contribution >= 4 is 11.6 Å². The molecule has 2 rings (SSSR count). The Balaban J connectivity index is 2.05. The third-order valence-electron chi connectivity index (χ3n) is 3.69. The fourth-order valence-corrected chi connectivity index (χ4v) is 2.75. The lowest BCUT2D eigenvalue weighted by molar-refractivity contribution is 0.127. The van der Waals surface area contributed by atoms with Gasteiger partial charge >= 0.3 is 0 Å². The van der Waals surface area contributed by atoms with Gasteiger partial charge in [-0.1, -0.05) is 17.7 Å². The van der Waals surface area contributed by atoms with Gasteiger partial charge in [-0.25, -0.2) is 0 Å². The normalized spacial score (nSPS) is 21.4. The van der Waals surface area contributed by atoms with Crippen LogP contribution in [0.4, 0.5) is 0 Å². The summed E-state index contributed by atoms with van der Waals surface area (Å²) in [4.78, 5) is 4.65. The smallest absolute Gasteiger partial charge is 0.121 e. The third kappa shape index (κ3) is 3.16. The van der Waals surface area contributed by atoms with E-state index in [4.69, 9.17) is 11.6 Å². The Morgan fingerprint density at radius 1 is 1.44 bits per heavy atom. The first-order valence-corrected chi connectivity index (χ1v) is 6.81. The summed E-state index contributed by atoms with van der Waals surface area (Å²) in [6, 6.07) is 5.92. The number of piperidine rings is 1. The predicted octanol–water partition coefficient (Wildman–Crippen LogP) is 2.57. The predicted molar refractivity (Wildman–Crippen MR) is 75.1 cm³/mol. The van der Waals surface area contributed by atoms with Crippen LogP contribution < -0.4 is 0 Å². The van der Waals surface area contributed by atoms with Crippen molar-refractivity contribution in [3.63, 3.8) is 0 Å². The van der Waals surface area contributed by atoms with Crippen molar-refractivity contribution in [2.75, 3.05) is 27.2 Å². The highest BCUT2D eigenvalue weighted by Crippen LogP contribution is 2.27. The molecule has 1 atom stereocenters. The summed E-state index contributed by atoms with van der Waals surface area (Å²) >= 11 is 6.15. The SMILES string of the molecule is CN(C)C1CCCN(Cc2c(O)cccc2Cl)C1. The molecule has 0 bridgehead atoms. The number of aromatic hydroxyl groups is 1. The van der Waals surface area contributed by atoms with E-state index in [1.54, 1.807) is 12.1 Å². The second-order valence-electron chi connectivity index (χ2n) is 5.23. The van der Waals surface area contributed by atoms with E-state index in [9.17, 15) is 5.11 Å². The monoisotopic (exact) mass is 268 g/mol. The zero-order chi connectivity index (χ0) is 13.1. The van der Waals surface area contributed by atoms with E-state index in [-0.39, 0.29) is 0 Å². The summed E-state index contributed by atoms with van der Waals surface area (Å²) in [5.74, 6) is 0.300. The first-order chi connectivity index (χ1) is 8.58. The highest BCUT2D eigenvalue weighted by Gasteiger charge is 2.22. The van der Waals surface area contributed by atoms with Crippen LogP contribution in [0.15, 0.2) is 18.2 Å². The Kier molecular flexibility index (Phi) is 4.49. The molecule has 1 heterocycles. The van der Waals surface area contributed by atoms with E-state index in [1.165, 1.54) is 12.8 Å². The lowest BCUT2D eigenvalue weighted by Gasteiger charge is -2.36. The van der Waals surface area contributed by atoms with Crippen molar-refractivity contribution in [2.45, 2.75) is 25.4 Å². The first kappa shape index (κ1) is 13.7. The molecule has 1 aliphatic heterocycles. The number of phenolic OH excluding ortho intramolecular Hbond substituents is 1. The Hall–Kier alpha value is -0.770. The summed E-state index contributed by atoms with van der Waals surface area (Å²) < 4.78 is 0. The zero-order valence-corrected chi connectivity index (χ0v) is 11.8. The quantitative estimate of drug-likeness (QED) is 0.913. The Labute approximate surface area is 114 Å². The van der Waals surface area contributed by atoms with E-state index < -0.39 is 0 Å². The van der Waals surface area contributed by atoms with Gasteiger partial charge in [-0.15, -0.1) is 0 Å². The van der Waals surface area contributed by atoms with Gasteiger partial charge in [0.1, 0.15) is 5.75 Å². The van der Waals surface area contributed by atoms with Crippen LogP contribution >= 0.6 is 11.6 Å². The number of nitrogens with zero attached hydrogens (tertiary/aromatic N) is 2. The summed E-state index contributed by atoms with van der Waals surface area (Å²) in [6.07, 6.45) is 2.45. The van der Waals surface area contributed by atoms with Gasteiger partial charge in [0.2, 0.25) is 0 Å². The maximum Gasteiger partial charge on any atom is 0.121 e. The molecule has 0 amide bonds. The number of halogens is 1. The summed E-state index contributed by atoms with van der Waals surface area (Å²) in [5.41, 5.74) is 0.846. The van der Waals surface area contributed by atoms with Crippen LogP contribution in [0.3, 0.4) is 0 Å². The van der Waals surface area contributed by atoms with Crippen LogP contribution in [0.5, 0.6) is 5.75 Å². The second-order valence-corrected chi connectivity index (χ2v) is 5.64. The summed E-state index contributed by atoms with van der Waals surface area (Å²) in [6.45, 7) is 2.85. The number of likely N-dealkylation sites (N-methyl/N-ethyl adjacent to an activating group) is 1. The van der Waals surface area contributed by atoms with Gasteiger partial charge < -0.3 is 10.0 Å². The molecule has 1 saturated heterocycles. The standard InChI is InChI=1S/C14H21ClN2O/c1-16(2)11-5-4-8-17(9-11)10-12-13(15)6-3-7-14(12)18/h3,6-7,11,18H,4-5,8-10H2,1-2H3. The minimum absolute atomic E-state index is 0.300. The molecule has 3 nitrogen and oxygen atoms in total. The van der Waals surface area contributed by atoms with Crippen molar-refractivity contribution < 1.29 is 5.11 Å². The van der Waals surface area contributed by atoms with Crippen LogP contribution in [0.25, 0.3) is 0 Å². The third-order valence-corrected chi connectivity index (χ3v) is 4.04. The molecule has 0 aromatic heterocycles. The summed E-state index contributed by atoms with van der Waals surface area (Å²) in [7, 11) is 4.25. The number of hydrogen-bond donors (Lipinski definition) is 1. The van der Waals surface area contributed by atoms with Crippen molar-refractivity contribution in [3.05, 3.63) is 28.8 Å². The van der Waals surface area contributed by atoms with Crippen LogP contribution in [0, 0.1) is 0 Å². The molecule has 0 radical (unpaired) electrons. The molecule has 0 aliphatic carbocycles. The van der Waals surface area contributed by atoms with Crippen molar-refractivity contribution in [1.82, 2.24) is 9.80 Å². The Morgan fingerprint density at radius 2 is 2.22 bits per heavy atom. The van der Waals surface area contributed by atoms with Gasteiger partial charge in [-0.3, -0.25) is 4.90 Å². The lowest BCUT2D eigenvalue weighted by Crippen LogP contribution is -2.44. The summed E-state index contributed by atoms with van der Waals surface area (Å²) in [5, 5.41) is 10.5. The topological polar surface area (TPSA) is 26.7 Å². The fraction of sp³-hybridized carbons (Fsp3) is 0.571. The van der Waals surface area contributed by atoms with Crippen LogP contribution in [-0.4, -0.2) is 48.1 Å². The molecule has 1 fully saturated rings. The average Bonchev–Trinajstić information content (AvgIpc) is 2.34. The number of rotatable bonds is 3. The average molecular weight is 269 g/mol. The highest BCUT2D eigenvalue weighted by molar-refractivity contribution is 6.31. The molecule has 100 valence electrons. The molecule has 1 aliphatic rings. The molecule has 18 heavy (non-hydrogen) atoms. The van der Waals surface area contributed by atoms with Gasteiger partial charge in [-0.2, -0.15) is 0 Å². The van der Waals surface area contributed by atoms with Crippen molar-refractivity contribution in [2.24, 2.45) is 0 Å². The van der Waals surface area contributed by atoms with Gasteiger partial charge in [0.05, 0.1) is 0 Å². The number of likely N-dealkylation sites (tertiary alicyclic amines) is 1. The van der Waals surface area contributed by atoms with E-state index in [1.807, 2.05) is 6.07 Å². The fourth-order valence-electron chi connectivity index (χ4n) is 2.52. The number of phenols is 1. The van der Waals surface area contributed by atoms with Gasteiger partial charge in [-0.05, 0) is 45.6 Å². The number of benzene rings is 1. The van der Waals surface area contributed by atoms with Gasteiger partial charge in [0.25, 0.3) is 0 Å². The molecule has 0 saturated carbocycles. The van der Waals surface area contributed by atoms with Crippen molar-refractivity contribution in [3.8, 4) is 5.75 Å². The molecule has 1 unspecified atom stereocenters. The molecule has 4 heteroatoms. The van der Waals surface area contributed by atoms with Gasteiger partial charge in [0, 0.05) is 29.7 Å². The minimum Gasteiger partial charge on any atom is -0.508 e. The largest absolute Gasteiger partial charge is 0.508 e. The van der Waals surface area contributed by atoms with Crippen LogP contribution in [0.2, 0.25) is 5.02 Å². The van der Waals surface area contributed by atoms with E-state index in [2.05, 4.69) is 23.9 Å². The molecular formula is C14H21ClN2O. The maximum absolute atomic E-state index is 9.88. The highest BCUT2D eigenvalue weighted by atomic mass is 35.5. The minimum atomic E-state index is 0.300. The molecular weight excluding hydrogens is 248 g/mol. The van der Waals surface area contributed by atoms with Crippen molar-refractivity contribution in [1.29, 1.82) is 0 Å². The lowest BCUT2D eigenvalue weighted by atomic mass is 10.0. The maximum atomic E-state index is 9.88. The zero-order valence-electron chi connectivity index (χ0n) is 11.1. The van der Waals surface area contributed by atoms with E-state index in [0.717, 1.165) is 25.2 Å². The van der Waals surface area contributed by atoms with Crippen LogP contribution in [0.1, 0.15) is 18.4 Å². The van der Waals surface area contributed by atoms with Crippen LogP contribution in [-0.2, 0) is 6.54 Å². The number of hydrogen-bond acceptors (Lipinski definition) is 3. The first-order valence-electron chi connectivity index (χ1n) is 6.43. The van der Waals surface area contributed by atoms with E-state index in [0.29, 0.717) is 16.8 Å². The Morgan fingerprint density at radius 3 is 2.89 bits per heavy atom. The molecule has 1 aromatic carbocycles. The van der Waals surface area contributed by atoms with Gasteiger partial charge in [0.15, 0.2) is 0 Å². The van der Waals surface area contributed by atoms with E-state index >= 15 is 0 Å². The Bertz CT molecular complexity index is 389. The second kappa shape index (κ2) is 5.91.